The van der Waals surface area contributed by atoms with E-state index in [4.69, 9.17) is 19.2 Å². The van der Waals surface area contributed by atoms with Crippen LogP contribution in [0.5, 0.6) is 0 Å². The molecule has 0 aromatic rings. The van der Waals surface area contributed by atoms with E-state index in [1.165, 1.54) is 0 Å². The van der Waals surface area contributed by atoms with Gasteiger partial charge in [-0.25, -0.2) is 4.57 Å². The SMILES string of the molecule is Cl.O=P(O)(O)O.[Na+].[OH-]. The summed E-state index contributed by atoms with van der Waals surface area (Å²) in [7, 11) is -4.64. The number of hydrogen-bond acceptors (Lipinski definition) is 2. The molecular weight excluding hydrogens is 169 g/mol. The Labute approximate surface area is 74.4 Å². The molecule has 0 rings (SSSR count). The molecule has 4 N–H and O–H groups in total. The summed E-state index contributed by atoms with van der Waals surface area (Å²) in [5.41, 5.74) is 0. The molecule has 0 bridgehead atoms. The third-order valence-corrected chi connectivity index (χ3v) is 0. The van der Waals surface area contributed by atoms with Gasteiger partial charge in [0.05, 0.1) is 0 Å². The predicted octanol–water partition coefficient (Wildman–Crippen LogP) is -3.68. The Kier molecular flexibility index (Phi) is 23.8. The molecule has 0 aromatic carbocycles. The summed E-state index contributed by atoms with van der Waals surface area (Å²) >= 11 is 0. The summed E-state index contributed by atoms with van der Waals surface area (Å²) in [6.07, 6.45) is 0. The van der Waals surface area contributed by atoms with E-state index < -0.39 is 7.82 Å². The summed E-state index contributed by atoms with van der Waals surface area (Å²) in [6, 6.07) is 0. The summed E-state index contributed by atoms with van der Waals surface area (Å²) in [5.74, 6) is 0. The van der Waals surface area contributed by atoms with Crippen molar-refractivity contribution in [3.8, 4) is 0 Å². The van der Waals surface area contributed by atoms with Crippen LogP contribution in [-0.2, 0) is 4.57 Å². The van der Waals surface area contributed by atoms with Crippen LogP contribution in [0.25, 0.3) is 0 Å². The molecule has 0 heterocycles. The fourth-order valence-corrected chi connectivity index (χ4v) is 0. The second-order valence-electron chi connectivity index (χ2n) is 0.513. The fourth-order valence-electron chi connectivity index (χ4n) is 0. The van der Waals surface area contributed by atoms with Crippen molar-refractivity contribution < 1.29 is 54.3 Å². The first-order chi connectivity index (χ1) is 2.00. The van der Waals surface area contributed by atoms with Crippen molar-refractivity contribution >= 4 is 20.2 Å². The second-order valence-corrected chi connectivity index (χ2v) is 1.54. The molecule has 0 aliphatic heterocycles. The topological polar surface area (TPSA) is 108 Å². The van der Waals surface area contributed by atoms with Gasteiger partial charge in [0.1, 0.15) is 0 Å². The van der Waals surface area contributed by atoms with Crippen LogP contribution in [0.15, 0.2) is 0 Å². The van der Waals surface area contributed by atoms with Crippen molar-refractivity contribution in [2.45, 2.75) is 0 Å². The van der Waals surface area contributed by atoms with Gasteiger partial charge in [-0.2, -0.15) is 0 Å². The standard InChI is InChI=1S/ClH.Na.H3O4P.H2O/c;;1-5(2,3)4;/h1H;;(H3,1,2,3,4);1H2/q;+1;;/p-1. The van der Waals surface area contributed by atoms with Crippen LogP contribution < -0.4 is 29.6 Å². The van der Waals surface area contributed by atoms with E-state index in [1.54, 1.807) is 0 Å². The first kappa shape index (κ1) is 22.8. The molecule has 48 valence electrons. The van der Waals surface area contributed by atoms with Gasteiger partial charge in [-0.3, -0.25) is 0 Å². The molecule has 0 unspecified atom stereocenters. The number of rotatable bonds is 0. The van der Waals surface area contributed by atoms with Gasteiger partial charge < -0.3 is 20.2 Å². The van der Waals surface area contributed by atoms with Gasteiger partial charge >= 0.3 is 37.4 Å². The first-order valence-electron chi connectivity index (χ1n) is 0.783. The minimum Gasteiger partial charge on any atom is -0.870 e. The van der Waals surface area contributed by atoms with Gasteiger partial charge in [-0.1, -0.05) is 0 Å². The van der Waals surface area contributed by atoms with Crippen molar-refractivity contribution in [3.05, 3.63) is 0 Å². The maximum absolute atomic E-state index is 8.88. The molecule has 8 heteroatoms. The molecule has 5 nitrogen and oxygen atoms in total. The van der Waals surface area contributed by atoms with Crippen molar-refractivity contribution in [2.75, 3.05) is 0 Å². The van der Waals surface area contributed by atoms with Crippen molar-refractivity contribution in [3.63, 3.8) is 0 Å². The first-order valence-corrected chi connectivity index (χ1v) is 2.35. The van der Waals surface area contributed by atoms with Gasteiger partial charge in [0.2, 0.25) is 0 Å². The maximum Gasteiger partial charge on any atom is 1.00 e. The fraction of sp³-hybridized carbons (Fsp3) is 0. The Morgan fingerprint density at radius 2 is 1.12 bits per heavy atom. The third kappa shape index (κ3) is 161. The van der Waals surface area contributed by atoms with Crippen LogP contribution in [0.2, 0.25) is 0 Å². The molecule has 8 heavy (non-hydrogen) atoms. The minimum absolute atomic E-state index is 0. The third-order valence-electron chi connectivity index (χ3n) is 0. The van der Waals surface area contributed by atoms with E-state index >= 15 is 0 Å². The largest absolute Gasteiger partial charge is 1.00 e. The number of hydrogen-bond donors (Lipinski definition) is 3. The summed E-state index contributed by atoms with van der Waals surface area (Å²) in [6.45, 7) is 0. The zero-order valence-corrected chi connectivity index (χ0v) is 7.76. The van der Waals surface area contributed by atoms with E-state index in [0.29, 0.717) is 0 Å². The molecule has 0 spiro atoms. The van der Waals surface area contributed by atoms with Gasteiger partial charge in [0.25, 0.3) is 0 Å². The van der Waals surface area contributed by atoms with Crippen molar-refractivity contribution in [2.24, 2.45) is 0 Å². The van der Waals surface area contributed by atoms with Crippen LogP contribution in [-0.4, -0.2) is 20.2 Å². The normalized spacial score (nSPS) is 7.38. The molecule has 0 saturated heterocycles. The quantitative estimate of drug-likeness (QED) is 0.259. The van der Waals surface area contributed by atoms with E-state index in [1.807, 2.05) is 0 Å². The zero-order valence-electron chi connectivity index (χ0n) is 4.05. The summed E-state index contributed by atoms with van der Waals surface area (Å²) in [5, 5.41) is 0. The average molecular weight is 174 g/mol. The second kappa shape index (κ2) is 8.36. The molecule has 0 aromatic heterocycles. The van der Waals surface area contributed by atoms with Gasteiger partial charge in [-0.05, 0) is 0 Å². The van der Waals surface area contributed by atoms with Crippen molar-refractivity contribution in [1.82, 2.24) is 0 Å². The van der Waals surface area contributed by atoms with Gasteiger partial charge in [-0.15, -0.1) is 12.4 Å². The molecule has 0 aliphatic rings. The Morgan fingerprint density at radius 3 is 1.12 bits per heavy atom. The Balaban J connectivity index is -0.0000000267. The Morgan fingerprint density at radius 1 is 1.12 bits per heavy atom. The zero-order chi connectivity index (χ0) is 4.50. The van der Waals surface area contributed by atoms with E-state index in [2.05, 4.69) is 0 Å². The molecule has 0 saturated carbocycles. The molecule has 0 amide bonds. The summed E-state index contributed by atoms with van der Waals surface area (Å²) in [4.78, 5) is 21.6. The molecule has 0 fully saturated rings. The average Bonchev–Trinajstić information content (AvgIpc) is 0.722. The predicted molar refractivity (Wildman–Crippen MR) is 23.4 cm³/mol. The van der Waals surface area contributed by atoms with E-state index in [9.17, 15) is 0 Å². The minimum atomic E-state index is -4.64. The van der Waals surface area contributed by atoms with E-state index in [-0.39, 0.29) is 47.4 Å². The molecule has 0 aliphatic carbocycles. The van der Waals surface area contributed by atoms with E-state index in [0.717, 1.165) is 0 Å². The smallest absolute Gasteiger partial charge is 0.870 e. The van der Waals surface area contributed by atoms with Crippen molar-refractivity contribution in [1.29, 1.82) is 0 Å². The monoisotopic (exact) mass is 174 g/mol. The molecule has 0 atom stereocenters. The Bertz CT molecular complexity index is 58.6. The van der Waals surface area contributed by atoms with Crippen LogP contribution in [0.4, 0.5) is 0 Å². The number of phosphoric acid groups is 1. The van der Waals surface area contributed by atoms with Gasteiger partial charge in [0.15, 0.2) is 0 Å². The van der Waals surface area contributed by atoms with Crippen LogP contribution in [0.1, 0.15) is 0 Å². The van der Waals surface area contributed by atoms with Crippen LogP contribution in [0, 0.1) is 0 Å². The molecule has 0 radical (unpaired) electrons. The Hall–Kier alpha value is 1.36. The van der Waals surface area contributed by atoms with Gasteiger partial charge in [0, 0.05) is 0 Å². The molecular formula is H5ClNaO5P. The van der Waals surface area contributed by atoms with Crippen LogP contribution in [0.3, 0.4) is 0 Å². The number of halogens is 1. The summed E-state index contributed by atoms with van der Waals surface area (Å²) < 4.78 is 8.88. The maximum atomic E-state index is 8.88. The van der Waals surface area contributed by atoms with Crippen LogP contribution >= 0.6 is 20.2 Å².